The van der Waals surface area contributed by atoms with Gasteiger partial charge in [-0.1, -0.05) is 11.6 Å². The van der Waals surface area contributed by atoms with Crippen LogP contribution in [0.1, 0.15) is 21.6 Å². The molecule has 0 fully saturated rings. The Bertz CT molecular complexity index is 680. The van der Waals surface area contributed by atoms with E-state index in [4.69, 9.17) is 11.5 Å². The normalized spacial score (nSPS) is 11.8. The molecule has 0 unspecified atom stereocenters. The molecule has 0 aliphatic heterocycles. The zero-order chi connectivity index (χ0) is 14.4. The Kier molecular flexibility index (Phi) is 2.84. The van der Waals surface area contributed by atoms with Gasteiger partial charge in [0.2, 0.25) is 0 Å². The van der Waals surface area contributed by atoms with Crippen molar-refractivity contribution >= 4 is 22.5 Å². The Balaban J connectivity index is 2.98. The highest BCUT2D eigenvalue weighted by atomic mass is 19.4. The lowest BCUT2D eigenvalue weighted by Crippen LogP contribution is -2.20. The van der Waals surface area contributed by atoms with Crippen LogP contribution in [0.25, 0.3) is 10.9 Å². The first-order valence-electron chi connectivity index (χ1n) is 5.28. The predicted octanol–water partition coefficient (Wildman–Crippen LogP) is 2.24. The summed E-state index contributed by atoms with van der Waals surface area (Å²) in [5, 5.41) is -0.144. The van der Waals surface area contributed by atoms with Gasteiger partial charge in [0, 0.05) is 5.39 Å². The Morgan fingerprint density at radius 1 is 1.32 bits per heavy atom. The second-order valence-corrected chi connectivity index (χ2v) is 4.13. The number of aryl methyl sites for hydroxylation is 1. The van der Waals surface area contributed by atoms with E-state index in [0.717, 1.165) is 0 Å². The molecule has 2 rings (SSSR count). The lowest BCUT2D eigenvalue weighted by Gasteiger charge is -2.15. The summed E-state index contributed by atoms with van der Waals surface area (Å²) < 4.78 is 39.3. The number of amides is 1. The van der Waals surface area contributed by atoms with Crippen molar-refractivity contribution in [2.45, 2.75) is 13.1 Å². The fraction of sp³-hybridized carbons (Fsp3) is 0.167. The van der Waals surface area contributed by atoms with E-state index in [0.29, 0.717) is 5.56 Å². The van der Waals surface area contributed by atoms with Gasteiger partial charge in [-0.3, -0.25) is 4.79 Å². The van der Waals surface area contributed by atoms with Crippen molar-refractivity contribution in [3.8, 4) is 0 Å². The molecule has 0 saturated heterocycles. The van der Waals surface area contributed by atoms with Crippen molar-refractivity contribution in [2.24, 2.45) is 5.73 Å². The summed E-state index contributed by atoms with van der Waals surface area (Å²) in [7, 11) is 0. The van der Waals surface area contributed by atoms with Crippen molar-refractivity contribution in [1.29, 1.82) is 0 Å². The SMILES string of the molecule is Cc1ccc2nc(C(N)=O)c(N)c(C(F)(F)F)c2c1. The van der Waals surface area contributed by atoms with Crippen LogP contribution in [-0.2, 0) is 6.18 Å². The number of hydrogen-bond donors (Lipinski definition) is 2. The molecular weight excluding hydrogens is 259 g/mol. The van der Waals surface area contributed by atoms with Gasteiger partial charge in [0.25, 0.3) is 5.91 Å². The van der Waals surface area contributed by atoms with Crippen LogP contribution >= 0.6 is 0 Å². The molecule has 1 heterocycles. The van der Waals surface area contributed by atoms with Crippen LogP contribution < -0.4 is 11.5 Å². The van der Waals surface area contributed by atoms with E-state index >= 15 is 0 Å². The number of fused-ring (bicyclic) bond motifs is 1. The Morgan fingerprint density at radius 2 is 1.95 bits per heavy atom. The summed E-state index contributed by atoms with van der Waals surface area (Å²) in [5.41, 5.74) is 8.68. The first kappa shape index (κ1) is 13.1. The smallest absolute Gasteiger partial charge is 0.396 e. The number of alkyl halides is 3. The van der Waals surface area contributed by atoms with Crippen molar-refractivity contribution in [3.05, 3.63) is 35.0 Å². The molecule has 1 aromatic heterocycles. The number of nitrogen functional groups attached to an aromatic ring is 1. The van der Waals surface area contributed by atoms with Crippen LogP contribution in [0.4, 0.5) is 18.9 Å². The summed E-state index contributed by atoms with van der Waals surface area (Å²) in [6.45, 7) is 1.65. The van der Waals surface area contributed by atoms with Crippen LogP contribution in [0.3, 0.4) is 0 Å². The second kappa shape index (κ2) is 4.11. The average Bonchev–Trinajstić information content (AvgIpc) is 2.25. The number of benzene rings is 1. The molecule has 0 saturated carbocycles. The molecule has 4 N–H and O–H groups in total. The molecule has 100 valence electrons. The summed E-state index contributed by atoms with van der Waals surface area (Å²) >= 11 is 0. The standard InChI is InChI=1S/C12H10F3N3O/c1-5-2-3-7-6(4-5)8(12(13,14)15)9(16)10(18-7)11(17)19/h2-4H,16H2,1H3,(H2,17,19). The number of pyridine rings is 1. The summed E-state index contributed by atoms with van der Waals surface area (Å²) in [6.07, 6.45) is -4.69. The number of nitrogens with two attached hydrogens (primary N) is 2. The maximum absolute atomic E-state index is 13.1. The fourth-order valence-corrected chi connectivity index (χ4v) is 1.89. The molecule has 1 amide bonds. The first-order valence-corrected chi connectivity index (χ1v) is 5.28. The number of nitrogens with zero attached hydrogens (tertiary/aromatic N) is 1. The van der Waals surface area contributed by atoms with Gasteiger partial charge in [0.1, 0.15) is 0 Å². The van der Waals surface area contributed by atoms with Gasteiger partial charge in [0.15, 0.2) is 5.69 Å². The zero-order valence-electron chi connectivity index (χ0n) is 9.88. The topological polar surface area (TPSA) is 82.0 Å². The largest absolute Gasteiger partial charge is 0.419 e. The first-order chi connectivity index (χ1) is 8.71. The van der Waals surface area contributed by atoms with Gasteiger partial charge >= 0.3 is 6.18 Å². The number of aromatic nitrogens is 1. The highest BCUT2D eigenvalue weighted by Crippen LogP contribution is 2.39. The minimum atomic E-state index is -4.69. The third-order valence-corrected chi connectivity index (χ3v) is 2.69. The highest BCUT2D eigenvalue weighted by Gasteiger charge is 2.37. The minimum absolute atomic E-state index is 0.0286. The molecule has 4 nitrogen and oxygen atoms in total. The van der Waals surface area contributed by atoms with Crippen molar-refractivity contribution in [3.63, 3.8) is 0 Å². The Labute approximate surface area is 106 Å². The molecule has 0 aliphatic carbocycles. The maximum Gasteiger partial charge on any atom is 0.419 e. The van der Waals surface area contributed by atoms with E-state index in [1.165, 1.54) is 12.1 Å². The number of halogens is 3. The van der Waals surface area contributed by atoms with Crippen LogP contribution in [-0.4, -0.2) is 10.9 Å². The van der Waals surface area contributed by atoms with E-state index in [9.17, 15) is 18.0 Å². The third kappa shape index (κ3) is 2.18. The van der Waals surface area contributed by atoms with Crippen LogP contribution in [0, 0.1) is 6.92 Å². The molecular formula is C12H10F3N3O. The molecule has 0 radical (unpaired) electrons. The summed E-state index contributed by atoms with van der Waals surface area (Å²) in [4.78, 5) is 14.9. The number of anilines is 1. The molecule has 1 aromatic carbocycles. The highest BCUT2D eigenvalue weighted by molar-refractivity contribution is 6.01. The van der Waals surface area contributed by atoms with E-state index in [-0.39, 0.29) is 10.9 Å². The van der Waals surface area contributed by atoms with Gasteiger partial charge in [-0.15, -0.1) is 0 Å². The lowest BCUT2D eigenvalue weighted by atomic mass is 10.0. The molecule has 0 bridgehead atoms. The molecule has 0 aliphatic rings. The third-order valence-electron chi connectivity index (χ3n) is 2.69. The van der Waals surface area contributed by atoms with Crippen molar-refractivity contribution in [1.82, 2.24) is 4.98 Å². The van der Waals surface area contributed by atoms with Crippen LogP contribution in [0.15, 0.2) is 18.2 Å². The van der Waals surface area contributed by atoms with Gasteiger partial charge in [-0.2, -0.15) is 13.2 Å². The van der Waals surface area contributed by atoms with Gasteiger partial charge < -0.3 is 11.5 Å². The second-order valence-electron chi connectivity index (χ2n) is 4.13. The predicted molar refractivity (Wildman–Crippen MR) is 64.4 cm³/mol. The number of hydrogen-bond acceptors (Lipinski definition) is 3. The maximum atomic E-state index is 13.1. The fourth-order valence-electron chi connectivity index (χ4n) is 1.89. The van der Waals surface area contributed by atoms with E-state index in [2.05, 4.69) is 4.98 Å². The minimum Gasteiger partial charge on any atom is -0.396 e. The van der Waals surface area contributed by atoms with E-state index in [1.54, 1.807) is 13.0 Å². The summed E-state index contributed by atoms with van der Waals surface area (Å²) in [5.74, 6) is -1.09. The van der Waals surface area contributed by atoms with E-state index in [1.807, 2.05) is 0 Å². The quantitative estimate of drug-likeness (QED) is 0.832. The number of primary amides is 1. The van der Waals surface area contributed by atoms with Gasteiger partial charge in [-0.05, 0) is 19.1 Å². The van der Waals surface area contributed by atoms with Crippen molar-refractivity contribution in [2.75, 3.05) is 5.73 Å². The van der Waals surface area contributed by atoms with Crippen LogP contribution in [0.2, 0.25) is 0 Å². The monoisotopic (exact) mass is 269 g/mol. The number of rotatable bonds is 1. The summed E-state index contributed by atoms with van der Waals surface area (Å²) in [6, 6.07) is 4.31. The molecule has 0 atom stereocenters. The van der Waals surface area contributed by atoms with Crippen LogP contribution in [0.5, 0.6) is 0 Å². The zero-order valence-corrected chi connectivity index (χ0v) is 9.88. The number of carbonyl (C=O) groups is 1. The van der Waals surface area contributed by atoms with E-state index < -0.39 is 29.0 Å². The molecule has 0 spiro atoms. The average molecular weight is 269 g/mol. The molecule has 19 heavy (non-hydrogen) atoms. The van der Waals surface area contributed by atoms with Gasteiger partial charge in [-0.25, -0.2) is 4.98 Å². The number of carbonyl (C=O) groups excluding carboxylic acids is 1. The molecule has 2 aromatic rings. The Hall–Kier alpha value is -2.31. The molecule has 7 heteroatoms. The lowest BCUT2D eigenvalue weighted by molar-refractivity contribution is -0.135. The van der Waals surface area contributed by atoms with Crippen molar-refractivity contribution < 1.29 is 18.0 Å². The Morgan fingerprint density at radius 3 is 2.47 bits per heavy atom. The van der Waals surface area contributed by atoms with Gasteiger partial charge in [0.05, 0.1) is 16.8 Å².